The zero-order valence-electron chi connectivity index (χ0n) is 11.4. The monoisotopic (exact) mass is 415 g/mol. The zero-order chi connectivity index (χ0) is 14.8. The number of hydrogen-bond acceptors (Lipinski definition) is 3. The summed E-state index contributed by atoms with van der Waals surface area (Å²) in [5.41, 5.74) is 0.716. The van der Waals surface area contributed by atoms with E-state index in [-0.39, 0.29) is 18.3 Å². The Balaban J connectivity index is 1.85. The van der Waals surface area contributed by atoms with Gasteiger partial charge in [-0.15, -0.1) is 0 Å². The predicted molar refractivity (Wildman–Crippen MR) is 91.9 cm³/mol. The Morgan fingerprint density at radius 1 is 1.43 bits per heavy atom. The number of nitrogens with zero attached hydrogens (tertiary/aromatic N) is 1. The van der Waals surface area contributed by atoms with Crippen LogP contribution in [0.15, 0.2) is 24.4 Å². The molecule has 21 heavy (non-hydrogen) atoms. The molecule has 1 aromatic heterocycles. The van der Waals surface area contributed by atoms with E-state index in [1.54, 1.807) is 6.20 Å². The molecule has 1 aromatic carbocycles. The lowest BCUT2D eigenvalue weighted by Gasteiger charge is -2.13. The first kappa shape index (κ1) is 15.0. The van der Waals surface area contributed by atoms with E-state index < -0.39 is 0 Å². The number of carbonyl (C=O) groups is 1. The number of halogens is 2. The number of aromatic nitrogens is 1. The number of benzene rings is 1. The number of ketones is 1. The number of rotatable bonds is 4. The van der Waals surface area contributed by atoms with Gasteiger partial charge in [-0.2, -0.15) is 0 Å². The summed E-state index contributed by atoms with van der Waals surface area (Å²) in [6.45, 7) is 0.119. The lowest BCUT2D eigenvalue weighted by molar-refractivity contribution is -0.124. The van der Waals surface area contributed by atoms with Crippen LogP contribution in [-0.2, 0) is 4.79 Å². The van der Waals surface area contributed by atoms with E-state index in [1.165, 1.54) is 0 Å². The molecule has 0 bridgehead atoms. The van der Waals surface area contributed by atoms with Gasteiger partial charge in [-0.05, 0) is 53.6 Å². The third kappa shape index (κ3) is 3.16. The van der Waals surface area contributed by atoms with Crippen molar-refractivity contribution in [1.29, 1.82) is 0 Å². The minimum atomic E-state index is 0.119. The molecule has 5 heteroatoms. The van der Waals surface area contributed by atoms with E-state index in [2.05, 4.69) is 27.6 Å². The van der Waals surface area contributed by atoms with Gasteiger partial charge >= 0.3 is 0 Å². The summed E-state index contributed by atoms with van der Waals surface area (Å²) >= 11 is 8.40. The Kier molecular flexibility index (Phi) is 4.64. The molecule has 0 saturated heterocycles. The van der Waals surface area contributed by atoms with Crippen LogP contribution in [0.5, 0.6) is 5.75 Å². The molecular weight excluding hydrogens is 401 g/mol. The zero-order valence-corrected chi connectivity index (χ0v) is 14.4. The second kappa shape index (κ2) is 6.48. The molecule has 1 aliphatic rings. The summed E-state index contributed by atoms with van der Waals surface area (Å²) in [7, 11) is 0. The molecule has 0 radical (unpaired) electrons. The van der Waals surface area contributed by atoms with Crippen molar-refractivity contribution in [3.05, 3.63) is 33.0 Å². The van der Waals surface area contributed by atoms with Crippen LogP contribution < -0.4 is 4.74 Å². The highest BCUT2D eigenvalue weighted by Crippen LogP contribution is 2.35. The largest absolute Gasteiger partial charge is 0.482 e. The van der Waals surface area contributed by atoms with Gasteiger partial charge < -0.3 is 4.74 Å². The van der Waals surface area contributed by atoms with Gasteiger partial charge in [-0.25, -0.2) is 0 Å². The maximum absolute atomic E-state index is 12.2. The normalized spacial score (nSPS) is 15.5. The topological polar surface area (TPSA) is 39.2 Å². The van der Waals surface area contributed by atoms with Crippen LogP contribution in [0.25, 0.3) is 10.9 Å². The second-order valence-corrected chi connectivity index (χ2v) is 6.87. The van der Waals surface area contributed by atoms with Crippen LogP contribution >= 0.6 is 34.2 Å². The first-order valence-electron chi connectivity index (χ1n) is 7.05. The molecule has 0 N–H and O–H groups in total. The van der Waals surface area contributed by atoms with Crippen LogP contribution in [0, 0.1) is 9.49 Å². The Bertz CT molecular complexity index is 683. The third-order valence-electron chi connectivity index (χ3n) is 3.92. The van der Waals surface area contributed by atoms with Crippen LogP contribution in [0.3, 0.4) is 0 Å². The van der Waals surface area contributed by atoms with Gasteiger partial charge in [0.2, 0.25) is 0 Å². The number of carbonyl (C=O) groups excluding carboxylic acids is 1. The standard InChI is InChI=1S/C16H15ClINO2/c17-12-8-13(18)16(15-11(12)6-3-7-19-15)21-9-14(20)10-4-1-2-5-10/h3,6-8,10H,1-2,4-5,9H2. The fraction of sp³-hybridized carbons (Fsp3) is 0.375. The SMILES string of the molecule is O=C(COc1c(I)cc(Cl)c2cccnc12)C1CCCC1. The fourth-order valence-corrected chi connectivity index (χ4v) is 3.96. The summed E-state index contributed by atoms with van der Waals surface area (Å²) < 4.78 is 6.68. The van der Waals surface area contributed by atoms with Gasteiger partial charge in [0.1, 0.15) is 12.1 Å². The smallest absolute Gasteiger partial charge is 0.173 e. The van der Waals surface area contributed by atoms with Crippen LogP contribution in [-0.4, -0.2) is 17.4 Å². The van der Waals surface area contributed by atoms with Crippen molar-refractivity contribution in [2.24, 2.45) is 5.92 Å². The maximum Gasteiger partial charge on any atom is 0.173 e. The number of hydrogen-bond donors (Lipinski definition) is 0. The minimum absolute atomic E-state index is 0.119. The molecule has 1 saturated carbocycles. The molecule has 110 valence electrons. The Hall–Kier alpha value is -0.880. The Labute approximate surface area is 142 Å². The highest BCUT2D eigenvalue weighted by Gasteiger charge is 2.23. The summed E-state index contributed by atoms with van der Waals surface area (Å²) in [5.74, 6) is 1.03. The van der Waals surface area contributed by atoms with Crippen molar-refractivity contribution >= 4 is 50.9 Å². The van der Waals surface area contributed by atoms with Gasteiger partial charge in [-0.3, -0.25) is 9.78 Å². The second-order valence-electron chi connectivity index (χ2n) is 5.31. The van der Waals surface area contributed by atoms with Gasteiger partial charge in [0.15, 0.2) is 11.5 Å². The molecular formula is C16H15ClINO2. The van der Waals surface area contributed by atoms with Crippen molar-refractivity contribution < 1.29 is 9.53 Å². The van der Waals surface area contributed by atoms with E-state index in [1.807, 2.05) is 18.2 Å². The fourth-order valence-electron chi connectivity index (χ4n) is 2.79. The summed E-state index contributed by atoms with van der Waals surface area (Å²) in [6.07, 6.45) is 6.01. The number of pyridine rings is 1. The molecule has 0 amide bonds. The molecule has 0 atom stereocenters. The van der Waals surface area contributed by atoms with Crippen LogP contribution in [0.4, 0.5) is 0 Å². The summed E-state index contributed by atoms with van der Waals surface area (Å²) in [5, 5.41) is 1.50. The van der Waals surface area contributed by atoms with Gasteiger partial charge in [0, 0.05) is 17.5 Å². The molecule has 0 aliphatic heterocycles. The van der Waals surface area contributed by atoms with Crippen LogP contribution in [0.1, 0.15) is 25.7 Å². The van der Waals surface area contributed by atoms with Crippen molar-refractivity contribution in [1.82, 2.24) is 4.98 Å². The van der Waals surface area contributed by atoms with Crippen molar-refractivity contribution in [2.75, 3.05) is 6.61 Å². The average Bonchev–Trinajstić information content (AvgIpc) is 3.01. The lowest BCUT2D eigenvalue weighted by Crippen LogP contribution is -2.19. The number of fused-ring (bicyclic) bond motifs is 1. The quantitative estimate of drug-likeness (QED) is 0.684. The average molecular weight is 416 g/mol. The predicted octanol–water partition coefficient (Wildman–Crippen LogP) is 4.63. The van der Waals surface area contributed by atoms with Gasteiger partial charge in [0.25, 0.3) is 0 Å². The molecule has 1 aliphatic carbocycles. The van der Waals surface area contributed by atoms with Crippen LogP contribution in [0.2, 0.25) is 5.02 Å². The highest BCUT2D eigenvalue weighted by atomic mass is 127. The minimum Gasteiger partial charge on any atom is -0.482 e. The molecule has 1 heterocycles. The van der Waals surface area contributed by atoms with E-state index in [0.717, 1.165) is 34.6 Å². The van der Waals surface area contributed by atoms with Crippen molar-refractivity contribution in [3.8, 4) is 5.75 Å². The first-order valence-corrected chi connectivity index (χ1v) is 8.50. The summed E-state index contributed by atoms with van der Waals surface area (Å²) in [4.78, 5) is 16.5. The van der Waals surface area contributed by atoms with E-state index in [4.69, 9.17) is 16.3 Å². The summed E-state index contributed by atoms with van der Waals surface area (Å²) in [6, 6.07) is 5.60. The molecule has 2 aromatic rings. The maximum atomic E-state index is 12.2. The molecule has 1 fully saturated rings. The Morgan fingerprint density at radius 3 is 2.95 bits per heavy atom. The van der Waals surface area contributed by atoms with E-state index in [0.29, 0.717) is 16.3 Å². The number of Topliss-reactive ketones (excluding diaryl/α,β-unsaturated/α-hetero) is 1. The van der Waals surface area contributed by atoms with E-state index >= 15 is 0 Å². The van der Waals surface area contributed by atoms with Crippen molar-refractivity contribution in [2.45, 2.75) is 25.7 Å². The van der Waals surface area contributed by atoms with E-state index in [9.17, 15) is 4.79 Å². The van der Waals surface area contributed by atoms with Gasteiger partial charge in [0.05, 0.1) is 8.59 Å². The first-order chi connectivity index (χ1) is 10.2. The lowest BCUT2D eigenvalue weighted by atomic mass is 10.0. The highest BCUT2D eigenvalue weighted by molar-refractivity contribution is 14.1. The van der Waals surface area contributed by atoms with Crippen molar-refractivity contribution in [3.63, 3.8) is 0 Å². The molecule has 0 unspecified atom stereocenters. The molecule has 3 nitrogen and oxygen atoms in total. The third-order valence-corrected chi connectivity index (χ3v) is 5.03. The Morgan fingerprint density at radius 2 is 2.19 bits per heavy atom. The number of ether oxygens (including phenoxy) is 1. The van der Waals surface area contributed by atoms with Gasteiger partial charge in [-0.1, -0.05) is 24.4 Å². The molecule has 3 rings (SSSR count). The molecule has 0 spiro atoms.